The van der Waals surface area contributed by atoms with Crippen LogP contribution < -0.4 is 0 Å². The summed E-state index contributed by atoms with van der Waals surface area (Å²) < 4.78 is 0. The molecule has 0 unspecified atom stereocenters. The quantitative estimate of drug-likeness (QED) is 0.849. The summed E-state index contributed by atoms with van der Waals surface area (Å²) in [6.07, 6.45) is 3.63. The number of nitrogens with zero attached hydrogens (tertiary/aromatic N) is 2. The molecule has 0 saturated carbocycles. The van der Waals surface area contributed by atoms with E-state index in [4.69, 9.17) is 5.11 Å². The molecule has 1 fully saturated rings. The van der Waals surface area contributed by atoms with Crippen LogP contribution in [0, 0.1) is 5.92 Å². The van der Waals surface area contributed by atoms with Crippen molar-refractivity contribution in [1.82, 2.24) is 9.88 Å². The number of hydrogen-bond acceptors (Lipinski definition) is 3. The molecule has 1 aliphatic heterocycles. The lowest BCUT2D eigenvalue weighted by Gasteiger charge is -2.24. The van der Waals surface area contributed by atoms with Crippen molar-refractivity contribution in [2.24, 2.45) is 5.92 Å². The van der Waals surface area contributed by atoms with E-state index in [2.05, 4.69) is 4.98 Å². The number of aromatic nitrogens is 1. The molecule has 1 aromatic rings. The van der Waals surface area contributed by atoms with Crippen LogP contribution in [-0.2, 0) is 9.59 Å². The molecule has 0 spiro atoms. The number of hydrogen-bond donors (Lipinski definition) is 1. The second-order valence-corrected chi connectivity index (χ2v) is 4.29. The van der Waals surface area contributed by atoms with E-state index in [0.29, 0.717) is 6.42 Å². The van der Waals surface area contributed by atoms with Crippen LogP contribution >= 0.6 is 0 Å². The zero-order valence-electron chi connectivity index (χ0n) is 9.54. The smallest absolute Gasteiger partial charge is 0.303 e. The summed E-state index contributed by atoms with van der Waals surface area (Å²) in [5.41, 5.74) is 0.944. The molecule has 1 N–H and O–H groups in total. The van der Waals surface area contributed by atoms with Crippen molar-refractivity contribution < 1.29 is 14.7 Å². The van der Waals surface area contributed by atoms with Crippen LogP contribution in [0.15, 0.2) is 24.5 Å². The van der Waals surface area contributed by atoms with Crippen molar-refractivity contribution >= 4 is 11.9 Å². The highest BCUT2D eigenvalue weighted by atomic mass is 16.4. The van der Waals surface area contributed by atoms with Crippen molar-refractivity contribution in [3.8, 4) is 0 Å². The SMILES string of the molecule is CN1C(=O)C[C@H](CC(=O)O)[C@H]1c1ccncc1. The van der Waals surface area contributed by atoms with Gasteiger partial charge in [-0.1, -0.05) is 0 Å². The van der Waals surface area contributed by atoms with Gasteiger partial charge >= 0.3 is 5.97 Å². The van der Waals surface area contributed by atoms with Crippen LogP contribution in [0.2, 0.25) is 0 Å². The maximum absolute atomic E-state index is 11.7. The average molecular weight is 234 g/mol. The number of likely N-dealkylation sites (tertiary alicyclic amines) is 1. The highest BCUT2D eigenvalue weighted by Crippen LogP contribution is 2.38. The zero-order chi connectivity index (χ0) is 12.4. The monoisotopic (exact) mass is 234 g/mol. The van der Waals surface area contributed by atoms with E-state index in [1.54, 1.807) is 24.3 Å². The van der Waals surface area contributed by atoms with Gasteiger partial charge in [-0.05, 0) is 17.7 Å². The van der Waals surface area contributed by atoms with Gasteiger partial charge in [-0.2, -0.15) is 0 Å². The minimum absolute atomic E-state index is 0.00179. The number of carboxylic acids is 1. The molecule has 17 heavy (non-hydrogen) atoms. The minimum atomic E-state index is -0.864. The predicted molar refractivity (Wildman–Crippen MR) is 60.1 cm³/mol. The summed E-state index contributed by atoms with van der Waals surface area (Å²) >= 11 is 0. The number of pyridine rings is 1. The number of carbonyl (C=O) groups is 2. The largest absolute Gasteiger partial charge is 0.481 e. The second kappa shape index (κ2) is 4.53. The molecule has 0 aromatic carbocycles. The first-order valence-electron chi connectivity index (χ1n) is 5.47. The number of carbonyl (C=O) groups excluding carboxylic acids is 1. The van der Waals surface area contributed by atoms with E-state index in [1.165, 1.54) is 0 Å². The highest BCUT2D eigenvalue weighted by Gasteiger charge is 2.39. The molecule has 1 saturated heterocycles. The number of carboxylic acid groups (broad SMARTS) is 1. The maximum atomic E-state index is 11.7. The molecular weight excluding hydrogens is 220 g/mol. The van der Waals surface area contributed by atoms with E-state index < -0.39 is 5.97 Å². The Balaban J connectivity index is 2.28. The maximum Gasteiger partial charge on any atom is 0.303 e. The summed E-state index contributed by atoms with van der Waals surface area (Å²) in [6.45, 7) is 0. The van der Waals surface area contributed by atoms with Gasteiger partial charge in [-0.3, -0.25) is 14.6 Å². The van der Waals surface area contributed by atoms with Gasteiger partial charge in [0.2, 0.25) is 5.91 Å². The number of aliphatic carboxylic acids is 1. The Bertz CT molecular complexity index is 431. The molecule has 5 nitrogen and oxygen atoms in total. The van der Waals surface area contributed by atoms with Gasteiger partial charge in [-0.25, -0.2) is 0 Å². The van der Waals surface area contributed by atoms with Gasteiger partial charge in [0.05, 0.1) is 12.5 Å². The fourth-order valence-electron chi connectivity index (χ4n) is 2.42. The molecule has 0 aliphatic carbocycles. The number of rotatable bonds is 3. The van der Waals surface area contributed by atoms with Gasteiger partial charge in [0.1, 0.15) is 0 Å². The van der Waals surface area contributed by atoms with E-state index >= 15 is 0 Å². The van der Waals surface area contributed by atoms with E-state index in [1.807, 2.05) is 12.1 Å². The third kappa shape index (κ3) is 2.27. The lowest BCUT2D eigenvalue weighted by atomic mass is 9.91. The van der Waals surface area contributed by atoms with Gasteiger partial charge in [-0.15, -0.1) is 0 Å². The zero-order valence-corrected chi connectivity index (χ0v) is 9.54. The summed E-state index contributed by atoms with van der Waals surface area (Å²) in [5.74, 6) is -1.03. The second-order valence-electron chi connectivity index (χ2n) is 4.29. The topological polar surface area (TPSA) is 70.5 Å². The first kappa shape index (κ1) is 11.6. The Hall–Kier alpha value is -1.91. The van der Waals surface area contributed by atoms with Crippen LogP contribution in [-0.4, -0.2) is 33.9 Å². The summed E-state index contributed by atoms with van der Waals surface area (Å²) in [4.78, 5) is 28.0. The van der Waals surface area contributed by atoms with Gasteiger partial charge < -0.3 is 10.0 Å². The predicted octanol–water partition coefficient (Wildman–Crippen LogP) is 1.08. The molecule has 0 bridgehead atoms. The van der Waals surface area contributed by atoms with Crippen LogP contribution in [0.3, 0.4) is 0 Å². The Morgan fingerprint density at radius 3 is 2.76 bits per heavy atom. The Labute approximate surface area is 99.1 Å². The normalized spacial score (nSPS) is 24.1. The molecule has 1 aliphatic rings. The first-order valence-corrected chi connectivity index (χ1v) is 5.47. The molecule has 0 radical (unpaired) electrons. The van der Waals surface area contributed by atoms with Crippen LogP contribution in [0.25, 0.3) is 0 Å². The third-order valence-electron chi connectivity index (χ3n) is 3.18. The van der Waals surface area contributed by atoms with Crippen LogP contribution in [0.1, 0.15) is 24.4 Å². The first-order chi connectivity index (χ1) is 8.09. The highest BCUT2D eigenvalue weighted by molar-refractivity contribution is 5.80. The van der Waals surface area contributed by atoms with E-state index in [-0.39, 0.29) is 24.3 Å². The summed E-state index contributed by atoms with van der Waals surface area (Å²) in [5, 5.41) is 8.87. The van der Waals surface area contributed by atoms with Crippen molar-refractivity contribution in [2.45, 2.75) is 18.9 Å². The van der Waals surface area contributed by atoms with Gasteiger partial charge in [0, 0.05) is 31.8 Å². The Morgan fingerprint density at radius 1 is 1.53 bits per heavy atom. The third-order valence-corrected chi connectivity index (χ3v) is 3.18. The molecule has 1 amide bonds. The molecule has 2 rings (SSSR count). The fraction of sp³-hybridized carbons (Fsp3) is 0.417. The number of amides is 1. The van der Waals surface area contributed by atoms with Crippen molar-refractivity contribution in [3.63, 3.8) is 0 Å². The van der Waals surface area contributed by atoms with E-state index in [9.17, 15) is 9.59 Å². The molecule has 90 valence electrons. The van der Waals surface area contributed by atoms with Crippen molar-refractivity contribution in [2.75, 3.05) is 7.05 Å². The standard InChI is InChI=1S/C12H14N2O3/c1-14-10(15)6-9(7-11(16)17)12(14)8-2-4-13-5-3-8/h2-5,9,12H,6-7H2,1H3,(H,16,17)/t9-,12-/m1/s1. The molecule has 1 aromatic heterocycles. The summed E-state index contributed by atoms with van der Waals surface area (Å²) in [6, 6.07) is 3.50. The Kier molecular flexibility index (Phi) is 3.08. The fourth-order valence-corrected chi connectivity index (χ4v) is 2.42. The van der Waals surface area contributed by atoms with Crippen molar-refractivity contribution in [1.29, 1.82) is 0 Å². The average Bonchev–Trinajstić information content (AvgIpc) is 2.55. The molecule has 5 heteroatoms. The van der Waals surface area contributed by atoms with Crippen LogP contribution in [0.4, 0.5) is 0 Å². The lowest BCUT2D eigenvalue weighted by molar-refractivity contribution is -0.138. The van der Waals surface area contributed by atoms with E-state index in [0.717, 1.165) is 5.56 Å². The minimum Gasteiger partial charge on any atom is -0.481 e. The van der Waals surface area contributed by atoms with Crippen LogP contribution in [0.5, 0.6) is 0 Å². The molecule has 2 heterocycles. The lowest BCUT2D eigenvalue weighted by Crippen LogP contribution is -2.25. The van der Waals surface area contributed by atoms with Gasteiger partial charge in [0.25, 0.3) is 0 Å². The molecular formula is C12H14N2O3. The van der Waals surface area contributed by atoms with Gasteiger partial charge in [0.15, 0.2) is 0 Å². The summed E-state index contributed by atoms with van der Waals surface area (Å²) in [7, 11) is 1.72. The molecule has 2 atom stereocenters. The Morgan fingerprint density at radius 2 is 2.18 bits per heavy atom. The van der Waals surface area contributed by atoms with Crippen molar-refractivity contribution in [3.05, 3.63) is 30.1 Å².